The maximum Gasteiger partial charge on any atom is 0.328 e. The van der Waals surface area contributed by atoms with Gasteiger partial charge >= 0.3 is 11.9 Å². The van der Waals surface area contributed by atoms with Crippen LogP contribution in [0.1, 0.15) is 103 Å². The number of imidazole rings is 1. The summed E-state index contributed by atoms with van der Waals surface area (Å²) in [4.78, 5) is 183. The second kappa shape index (κ2) is 33.3. The molecule has 466 valence electrons. The number of carbonyl (C=O) groups excluding carboxylic acids is 11. The fourth-order valence-corrected chi connectivity index (χ4v) is 9.33. The van der Waals surface area contributed by atoms with Gasteiger partial charge in [0.05, 0.1) is 25.5 Å². The number of benzene rings is 1. The molecule has 3 aromatic rings. The molecule has 0 unspecified atom stereocenters. The van der Waals surface area contributed by atoms with Crippen molar-refractivity contribution in [2.45, 2.75) is 159 Å². The van der Waals surface area contributed by atoms with Crippen LogP contribution in [-0.2, 0) is 75.2 Å². The largest absolute Gasteiger partial charge is 0.481 e. The van der Waals surface area contributed by atoms with Gasteiger partial charge in [-0.1, -0.05) is 45.9 Å². The number of carboxylic acid groups (broad SMARTS) is 2. The highest BCUT2D eigenvalue weighted by atomic mass is 16.4. The molecule has 31 heteroatoms. The second-order valence-corrected chi connectivity index (χ2v) is 21.6. The van der Waals surface area contributed by atoms with Crippen molar-refractivity contribution in [2.24, 2.45) is 29.0 Å². The SMILES string of the molecule is CC(C)C[C@H](NC(=O)[C@H](Cc1cnc[nH]1)NC(=O)[C@H](Cc1c[nH]c2ccccc12)NC(=O)[C@H](CCC(N)=O)NC(=O)CNC(=O)[C@H](CC(C)C)NC(=O)[C@@H]1CCCN1C(=O)[C@H](CCC(N)=O)NC(=O)[C@@H](N)CCC(=O)O)C(=O)N[C@@H](CO)C(=O)O. The summed E-state index contributed by atoms with van der Waals surface area (Å²) >= 11 is 0. The average Bonchev–Trinajstić information content (AvgIpc) is 4.48. The van der Waals surface area contributed by atoms with Crippen molar-refractivity contribution in [1.82, 2.24) is 62.4 Å². The molecule has 31 nitrogen and oxygen atoms in total. The first-order chi connectivity index (χ1) is 40.2. The topological polar surface area (TPSA) is 505 Å². The highest BCUT2D eigenvalue weighted by Gasteiger charge is 2.40. The average molecular weight is 1190 g/mol. The number of likely N-dealkylation sites (tertiary alicyclic amines) is 1. The summed E-state index contributed by atoms with van der Waals surface area (Å²) in [6, 6.07) is -5.77. The number of para-hydroxylation sites is 1. The van der Waals surface area contributed by atoms with E-state index in [0.717, 1.165) is 0 Å². The van der Waals surface area contributed by atoms with Gasteiger partial charge in [-0.15, -0.1) is 0 Å². The normalized spacial score (nSPS) is 15.9. The van der Waals surface area contributed by atoms with E-state index >= 15 is 0 Å². The Labute approximate surface area is 488 Å². The number of aromatic amines is 2. The molecule has 4 rings (SSSR count). The lowest BCUT2D eigenvalue weighted by atomic mass is 10.0. The predicted molar refractivity (Wildman–Crippen MR) is 301 cm³/mol. The van der Waals surface area contributed by atoms with Crippen LogP contribution in [0.3, 0.4) is 0 Å². The molecule has 0 aliphatic carbocycles. The van der Waals surface area contributed by atoms with E-state index < -0.39 is 164 Å². The number of nitrogens with zero attached hydrogens (tertiary/aromatic N) is 2. The van der Waals surface area contributed by atoms with Crippen molar-refractivity contribution in [3.05, 3.63) is 54.2 Å². The minimum atomic E-state index is -1.69. The molecule has 11 amide bonds. The molecule has 3 heterocycles. The zero-order valence-corrected chi connectivity index (χ0v) is 47.8. The summed E-state index contributed by atoms with van der Waals surface area (Å²) in [5.74, 6) is -12.8. The van der Waals surface area contributed by atoms with Gasteiger partial charge in [0.15, 0.2) is 0 Å². The van der Waals surface area contributed by atoms with E-state index in [0.29, 0.717) is 28.6 Å². The Kier molecular flexibility index (Phi) is 26.9. The first-order valence-corrected chi connectivity index (χ1v) is 27.8. The number of aliphatic hydroxyl groups excluding tert-OH is 1. The van der Waals surface area contributed by atoms with Crippen LogP contribution in [0.5, 0.6) is 0 Å². The van der Waals surface area contributed by atoms with Gasteiger partial charge in [0, 0.05) is 67.6 Å². The third-order valence-corrected chi connectivity index (χ3v) is 13.7. The van der Waals surface area contributed by atoms with Crippen molar-refractivity contribution in [2.75, 3.05) is 19.7 Å². The lowest BCUT2D eigenvalue weighted by Crippen LogP contribution is -2.60. The standard InChI is InChI=1S/C54H79N15O16/c1-27(2)18-36(67-52(82)41-10-7-17-69(41)53(83)35(13-15-43(57)72)63-46(76)32(55)11-16-45(74)75)47(77)60-24-44(73)62-34(12-14-42(56)71)48(78)65-38(20-29-22-59-33-9-6-5-8-31(29)33)50(80)66-39(21-30-23-58-26-61-30)51(81)64-37(19-28(3)4)49(79)68-40(25-70)54(84)85/h5-6,8-9,22-23,26-28,32,34-41,59,70H,7,10-21,24-25,55H2,1-4H3,(H2,56,71)(H2,57,72)(H,58,61)(H,60,77)(H,62,73)(H,63,76)(H,64,81)(H,65,78)(H,66,80)(H,67,82)(H,68,79)(H,74,75)(H,84,85)/t32-,34-,35-,36-,37-,38-,39-,40-,41-/m0/s1. The molecular formula is C54H79N15O16. The Balaban J connectivity index is 1.55. The van der Waals surface area contributed by atoms with E-state index in [1.807, 2.05) is 0 Å². The van der Waals surface area contributed by atoms with E-state index in [1.165, 1.54) is 17.4 Å². The Hall–Kier alpha value is -9.00. The molecule has 0 saturated carbocycles. The molecular weight excluding hydrogens is 1110 g/mol. The van der Waals surface area contributed by atoms with Crippen molar-refractivity contribution in [3.63, 3.8) is 0 Å². The van der Waals surface area contributed by atoms with Gasteiger partial charge in [-0.2, -0.15) is 0 Å². The first-order valence-electron chi connectivity index (χ1n) is 27.8. The van der Waals surface area contributed by atoms with Gasteiger partial charge in [-0.25, -0.2) is 9.78 Å². The van der Waals surface area contributed by atoms with Crippen LogP contribution < -0.4 is 59.7 Å². The van der Waals surface area contributed by atoms with Crippen LogP contribution in [0, 0.1) is 11.8 Å². The van der Waals surface area contributed by atoms with Crippen LogP contribution in [-0.4, -0.2) is 186 Å². The lowest BCUT2D eigenvalue weighted by molar-refractivity contribution is -0.143. The Morgan fingerprint density at radius 2 is 1.20 bits per heavy atom. The monoisotopic (exact) mass is 1190 g/mol. The number of H-pyrrole nitrogens is 2. The number of rotatable bonds is 36. The number of hydrogen-bond acceptors (Lipinski definition) is 16. The Morgan fingerprint density at radius 1 is 0.647 bits per heavy atom. The highest BCUT2D eigenvalue weighted by molar-refractivity contribution is 5.99. The summed E-state index contributed by atoms with van der Waals surface area (Å²) < 4.78 is 0. The second-order valence-electron chi connectivity index (χ2n) is 21.6. The maximum absolute atomic E-state index is 14.6. The van der Waals surface area contributed by atoms with Gasteiger partial charge < -0.3 is 89.9 Å². The molecule has 1 aromatic carbocycles. The van der Waals surface area contributed by atoms with Crippen molar-refractivity contribution in [3.8, 4) is 0 Å². The number of amides is 11. The smallest absolute Gasteiger partial charge is 0.328 e. The van der Waals surface area contributed by atoms with Crippen LogP contribution in [0.4, 0.5) is 0 Å². The summed E-state index contributed by atoms with van der Waals surface area (Å²) in [6.45, 7) is 5.30. The van der Waals surface area contributed by atoms with E-state index in [2.05, 4.69) is 57.5 Å². The van der Waals surface area contributed by atoms with Crippen molar-refractivity contribution >= 4 is 87.8 Å². The van der Waals surface area contributed by atoms with Crippen LogP contribution in [0.25, 0.3) is 10.9 Å². The Bertz CT molecular complexity index is 2860. The molecule has 85 heavy (non-hydrogen) atoms. The van der Waals surface area contributed by atoms with Gasteiger partial charge in [-0.3, -0.25) is 57.5 Å². The molecule has 1 saturated heterocycles. The number of nitrogens with two attached hydrogens (primary N) is 3. The number of aromatic nitrogens is 3. The molecule has 1 fully saturated rings. The minimum absolute atomic E-state index is 0.00508. The number of carboxylic acids is 2. The van der Waals surface area contributed by atoms with Crippen LogP contribution in [0.15, 0.2) is 43.0 Å². The number of aliphatic hydroxyl groups is 1. The van der Waals surface area contributed by atoms with Crippen LogP contribution >= 0.6 is 0 Å². The minimum Gasteiger partial charge on any atom is -0.481 e. The number of carbonyl (C=O) groups is 13. The molecule has 1 aliphatic rings. The molecule has 0 bridgehead atoms. The summed E-state index contributed by atoms with van der Waals surface area (Å²) in [5, 5.41) is 48.8. The fourth-order valence-electron chi connectivity index (χ4n) is 9.33. The van der Waals surface area contributed by atoms with E-state index in [9.17, 15) is 72.5 Å². The number of primary amides is 2. The van der Waals surface area contributed by atoms with E-state index in [4.69, 9.17) is 22.3 Å². The zero-order valence-electron chi connectivity index (χ0n) is 47.8. The number of nitrogens with one attached hydrogen (secondary N) is 10. The Morgan fingerprint density at radius 3 is 1.78 bits per heavy atom. The number of fused-ring (bicyclic) bond motifs is 1. The highest BCUT2D eigenvalue weighted by Crippen LogP contribution is 2.22. The molecule has 9 atom stereocenters. The molecule has 19 N–H and O–H groups in total. The van der Waals surface area contributed by atoms with Crippen LogP contribution in [0.2, 0.25) is 0 Å². The summed E-state index contributed by atoms with van der Waals surface area (Å²) in [7, 11) is 0. The molecule has 2 aromatic heterocycles. The van der Waals surface area contributed by atoms with Crippen molar-refractivity contribution in [1.29, 1.82) is 0 Å². The summed E-state index contributed by atoms with van der Waals surface area (Å²) in [5.41, 5.74) is 18.2. The quantitative estimate of drug-likeness (QED) is 0.0264. The third-order valence-electron chi connectivity index (χ3n) is 13.7. The number of hydrogen-bond donors (Lipinski definition) is 16. The molecule has 1 aliphatic heterocycles. The third kappa shape index (κ3) is 22.3. The van der Waals surface area contributed by atoms with Gasteiger partial charge in [0.2, 0.25) is 65.0 Å². The van der Waals surface area contributed by atoms with Crippen molar-refractivity contribution < 1.29 is 77.6 Å². The molecule has 0 radical (unpaired) electrons. The maximum atomic E-state index is 14.6. The molecule has 0 spiro atoms. The van der Waals surface area contributed by atoms with Gasteiger partial charge in [0.1, 0.15) is 48.3 Å². The summed E-state index contributed by atoms with van der Waals surface area (Å²) in [6.07, 6.45) is 2.18. The fraction of sp³-hybridized carbons (Fsp3) is 0.556. The van der Waals surface area contributed by atoms with E-state index in [1.54, 1.807) is 58.2 Å². The van der Waals surface area contributed by atoms with Gasteiger partial charge in [-0.05, 0) is 68.4 Å². The lowest BCUT2D eigenvalue weighted by Gasteiger charge is -2.30. The number of aliphatic carboxylic acids is 2. The van der Waals surface area contributed by atoms with Gasteiger partial charge in [0.25, 0.3) is 0 Å². The zero-order chi connectivity index (χ0) is 63.1. The van der Waals surface area contributed by atoms with E-state index in [-0.39, 0.29) is 69.7 Å². The predicted octanol–water partition coefficient (Wildman–Crippen LogP) is -3.93. The first kappa shape index (κ1) is 68.5.